The van der Waals surface area contributed by atoms with E-state index in [0.29, 0.717) is 12.4 Å². The largest absolute Gasteiger partial charge is 0.493 e. The van der Waals surface area contributed by atoms with Crippen molar-refractivity contribution in [2.75, 3.05) is 52.3 Å². The molecule has 1 fully saturated rings. The number of nitriles is 1. The molecule has 0 aliphatic carbocycles. The molecular weight excluding hydrogens is 374 g/mol. The summed E-state index contributed by atoms with van der Waals surface area (Å²) in [4.78, 5) is 3.12. The van der Waals surface area contributed by atoms with Crippen LogP contribution >= 0.6 is 11.8 Å². The highest BCUT2D eigenvalue weighted by Crippen LogP contribution is 2.38. The number of ether oxygens (including phenoxy) is 3. The monoisotopic (exact) mass is 403 g/mol. The van der Waals surface area contributed by atoms with Crippen molar-refractivity contribution in [2.45, 2.75) is 26.3 Å². The normalized spacial score (nSPS) is 21.3. The number of nitrogens with one attached hydrogen (secondary N) is 1. The molecule has 0 saturated carbocycles. The molecule has 3 rings (SSSR count). The molecule has 0 aromatic heterocycles. The van der Waals surface area contributed by atoms with Crippen LogP contribution in [0.1, 0.15) is 25.0 Å². The Hall–Kier alpha value is -1.88. The summed E-state index contributed by atoms with van der Waals surface area (Å²) in [5.74, 6) is 2.34. The van der Waals surface area contributed by atoms with Crippen LogP contribution in [0, 0.1) is 11.3 Å². The highest BCUT2D eigenvalue weighted by Gasteiger charge is 2.25. The molecule has 1 atom stereocenters. The zero-order valence-electron chi connectivity index (χ0n) is 16.9. The van der Waals surface area contributed by atoms with Crippen molar-refractivity contribution >= 4 is 17.5 Å². The topological polar surface area (TPSA) is 66.8 Å². The maximum Gasteiger partial charge on any atom is 0.161 e. The number of methoxy groups -OCH3 is 1. The molecule has 0 radical (unpaired) electrons. The Balaban J connectivity index is 1.84. The SMILES string of the molecule is CCOc1cc2c(cc1OC)C(=C(C#N)SCCN1CCOCC1)NC(C)C2. The van der Waals surface area contributed by atoms with Crippen molar-refractivity contribution < 1.29 is 14.2 Å². The lowest BCUT2D eigenvalue weighted by Crippen LogP contribution is -2.37. The summed E-state index contributed by atoms with van der Waals surface area (Å²) in [7, 11) is 1.65. The van der Waals surface area contributed by atoms with E-state index in [1.165, 1.54) is 5.56 Å². The molecule has 7 heteroatoms. The third kappa shape index (κ3) is 4.93. The second-order valence-electron chi connectivity index (χ2n) is 6.96. The summed E-state index contributed by atoms with van der Waals surface area (Å²) in [6.07, 6.45) is 0.889. The number of fused-ring (bicyclic) bond motifs is 1. The molecule has 2 aliphatic heterocycles. The minimum Gasteiger partial charge on any atom is -0.493 e. The van der Waals surface area contributed by atoms with E-state index in [1.54, 1.807) is 18.9 Å². The van der Waals surface area contributed by atoms with Crippen molar-refractivity contribution in [3.05, 3.63) is 28.2 Å². The van der Waals surface area contributed by atoms with Crippen molar-refractivity contribution in [1.82, 2.24) is 10.2 Å². The first-order chi connectivity index (χ1) is 13.7. The Labute approximate surface area is 171 Å². The molecule has 2 aliphatic rings. The van der Waals surface area contributed by atoms with Gasteiger partial charge in [0, 0.05) is 37.0 Å². The van der Waals surface area contributed by atoms with Crippen LogP contribution in [0.2, 0.25) is 0 Å². The van der Waals surface area contributed by atoms with Gasteiger partial charge in [0.2, 0.25) is 0 Å². The average Bonchev–Trinajstić information content (AvgIpc) is 2.71. The summed E-state index contributed by atoms with van der Waals surface area (Å²) < 4.78 is 16.7. The van der Waals surface area contributed by atoms with Gasteiger partial charge in [-0.3, -0.25) is 4.90 Å². The summed E-state index contributed by atoms with van der Waals surface area (Å²) in [6.45, 7) is 9.18. The number of rotatable bonds is 7. The number of hydrogen-bond donors (Lipinski definition) is 1. The third-order valence-corrected chi connectivity index (χ3v) is 5.93. The summed E-state index contributed by atoms with van der Waals surface area (Å²) in [6, 6.07) is 6.72. The number of allylic oxidation sites excluding steroid dienone is 1. The van der Waals surface area contributed by atoms with E-state index in [-0.39, 0.29) is 6.04 Å². The van der Waals surface area contributed by atoms with Gasteiger partial charge in [-0.25, -0.2) is 0 Å². The number of thioether (sulfide) groups is 1. The van der Waals surface area contributed by atoms with Gasteiger partial charge in [-0.1, -0.05) is 0 Å². The van der Waals surface area contributed by atoms with Gasteiger partial charge in [-0.15, -0.1) is 11.8 Å². The molecule has 6 nitrogen and oxygen atoms in total. The molecule has 152 valence electrons. The Bertz CT molecular complexity index is 754. The molecule has 0 bridgehead atoms. The predicted molar refractivity (Wildman–Crippen MR) is 113 cm³/mol. The second kappa shape index (κ2) is 10.1. The highest BCUT2D eigenvalue weighted by atomic mass is 32.2. The first kappa shape index (κ1) is 20.8. The molecule has 0 amide bonds. The average molecular weight is 404 g/mol. The zero-order chi connectivity index (χ0) is 19.9. The summed E-state index contributed by atoms with van der Waals surface area (Å²) in [5.41, 5.74) is 3.13. The van der Waals surface area contributed by atoms with Crippen LogP contribution in [0.3, 0.4) is 0 Å². The predicted octanol–water partition coefficient (Wildman–Crippen LogP) is 2.89. The van der Waals surface area contributed by atoms with E-state index in [4.69, 9.17) is 14.2 Å². The zero-order valence-corrected chi connectivity index (χ0v) is 17.7. The van der Waals surface area contributed by atoms with Gasteiger partial charge < -0.3 is 19.5 Å². The molecule has 28 heavy (non-hydrogen) atoms. The fraction of sp³-hybridized carbons (Fsp3) is 0.571. The lowest BCUT2D eigenvalue weighted by atomic mass is 9.93. The number of nitrogens with zero attached hydrogens (tertiary/aromatic N) is 2. The molecule has 1 aromatic carbocycles. The third-order valence-electron chi connectivity index (χ3n) is 4.96. The maximum atomic E-state index is 9.83. The fourth-order valence-electron chi connectivity index (χ4n) is 3.59. The quantitative estimate of drug-likeness (QED) is 0.702. The standard InChI is InChI=1S/C21H29N3O3S/c1-4-27-19-12-16-11-15(2)23-21(17(16)13-18(19)25-3)20(14-22)28-10-7-24-5-8-26-9-6-24/h12-13,15,23H,4-11H2,1-3H3. The molecule has 1 aromatic rings. The number of morpholine rings is 1. The Morgan fingerprint density at radius 2 is 2.14 bits per heavy atom. The van der Waals surface area contributed by atoms with E-state index < -0.39 is 0 Å². The lowest BCUT2D eigenvalue weighted by Gasteiger charge is -2.29. The van der Waals surface area contributed by atoms with Crippen molar-refractivity contribution in [1.29, 1.82) is 5.26 Å². The van der Waals surface area contributed by atoms with Crippen LogP contribution in [-0.2, 0) is 11.2 Å². The summed E-state index contributed by atoms with van der Waals surface area (Å²) in [5, 5.41) is 13.4. The van der Waals surface area contributed by atoms with Crippen LogP contribution in [0.15, 0.2) is 17.0 Å². The number of hydrogen-bond acceptors (Lipinski definition) is 7. The van der Waals surface area contributed by atoms with Gasteiger partial charge in [-0.2, -0.15) is 5.26 Å². The Morgan fingerprint density at radius 1 is 1.36 bits per heavy atom. The highest BCUT2D eigenvalue weighted by molar-refractivity contribution is 8.03. The van der Waals surface area contributed by atoms with E-state index >= 15 is 0 Å². The van der Waals surface area contributed by atoms with Crippen molar-refractivity contribution in [3.63, 3.8) is 0 Å². The van der Waals surface area contributed by atoms with Crippen LogP contribution in [0.25, 0.3) is 5.70 Å². The minimum atomic E-state index is 0.258. The lowest BCUT2D eigenvalue weighted by molar-refractivity contribution is 0.0410. The van der Waals surface area contributed by atoms with Gasteiger partial charge in [0.05, 0.1) is 32.6 Å². The van der Waals surface area contributed by atoms with E-state index in [2.05, 4.69) is 29.3 Å². The van der Waals surface area contributed by atoms with Crippen LogP contribution < -0.4 is 14.8 Å². The van der Waals surface area contributed by atoms with Gasteiger partial charge in [0.25, 0.3) is 0 Å². The smallest absolute Gasteiger partial charge is 0.161 e. The van der Waals surface area contributed by atoms with Crippen LogP contribution in [0.4, 0.5) is 0 Å². The van der Waals surface area contributed by atoms with E-state index in [1.807, 2.05) is 13.0 Å². The van der Waals surface area contributed by atoms with Gasteiger partial charge in [-0.05, 0) is 38.0 Å². The molecular formula is C21H29N3O3S. The van der Waals surface area contributed by atoms with E-state index in [0.717, 1.165) is 66.9 Å². The Morgan fingerprint density at radius 3 is 2.82 bits per heavy atom. The van der Waals surface area contributed by atoms with Gasteiger partial charge >= 0.3 is 0 Å². The fourth-order valence-corrected chi connectivity index (χ4v) is 4.52. The molecule has 2 heterocycles. The number of benzene rings is 1. The molecule has 1 unspecified atom stereocenters. The maximum absolute atomic E-state index is 9.83. The Kier molecular flexibility index (Phi) is 7.49. The molecule has 0 spiro atoms. The first-order valence-electron chi connectivity index (χ1n) is 9.84. The second-order valence-corrected chi connectivity index (χ2v) is 8.07. The van der Waals surface area contributed by atoms with Crippen molar-refractivity contribution in [2.24, 2.45) is 0 Å². The minimum absolute atomic E-state index is 0.258. The first-order valence-corrected chi connectivity index (χ1v) is 10.8. The summed E-state index contributed by atoms with van der Waals surface area (Å²) >= 11 is 1.62. The molecule has 1 N–H and O–H groups in total. The van der Waals surface area contributed by atoms with Gasteiger partial charge in [0.1, 0.15) is 11.0 Å². The van der Waals surface area contributed by atoms with Crippen LogP contribution in [0.5, 0.6) is 11.5 Å². The van der Waals surface area contributed by atoms with E-state index in [9.17, 15) is 5.26 Å². The molecule has 1 saturated heterocycles. The van der Waals surface area contributed by atoms with Gasteiger partial charge in [0.15, 0.2) is 11.5 Å². The van der Waals surface area contributed by atoms with Crippen molar-refractivity contribution in [3.8, 4) is 17.6 Å². The van der Waals surface area contributed by atoms with Crippen LogP contribution in [-0.4, -0.2) is 63.3 Å².